The molecule has 0 radical (unpaired) electrons. The zero-order valence-electron chi connectivity index (χ0n) is 18.8. The number of hydrogen-bond acceptors (Lipinski definition) is 2. The third-order valence-corrected chi connectivity index (χ3v) is 6.07. The molecule has 0 unspecified atom stereocenters. The summed E-state index contributed by atoms with van der Waals surface area (Å²) >= 11 is 12.5. The fraction of sp³-hybridized carbons (Fsp3) is 0.179. The Morgan fingerprint density at radius 3 is 2.24 bits per heavy atom. The van der Waals surface area contributed by atoms with E-state index in [-0.39, 0.29) is 0 Å². The molecule has 0 N–H and O–H groups in total. The molecule has 4 aromatic rings. The van der Waals surface area contributed by atoms with Gasteiger partial charge in [0.1, 0.15) is 11.6 Å². The Labute approximate surface area is 205 Å². The molecule has 0 bridgehead atoms. The molecule has 0 aliphatic carbocycles. The van der Waals surface area contributed by atoms with E-state index < -0.39 is 0 Å². The van der Waals surface area contributed by atoms with Crippen molar-refractivity contribution in [3.63, 3.8) is 0 Å². The number of methoxy groups -OCH3 is 1. The normalized spacial score (nSPS) is 11.3. The Bertz CT molecular complexity index is 1240. The summed E-state index contributed by atoms with van der Waals surface area (Å²) < 4.78 is 7.43. The van der Waals surface area contributed by atoms with Crippen molar-refractivity contribution in [1.82, 2.24) is 9.55 Å². The second kappa shape index (κ2) is 10.7. The van der Waals surface area contributed by atoms with Crippen LogP contribution in [0.4, 0.5) is 0 Å². The van der Waals surface area contributed by atoms with E-state index in [0.717, 1.165) is 53.3 Å². The molecule has 5 heteroatoms. The topological polar surface area (TPSA) is 27.1 Å². The van der Waals surface area contributed by atoms with E-state index in [1.807, 2.05) is 24.3 Å². The first-order valence-electron chi connectivity index (χ1n) is 11.0. The van der Waals surface area contributed by atoms with E-state index >= 15 is 0 Å². The van der Waals surface area contributed by atoms with Gasteiger partial charge in [0.2, 0.25) is 0 Å². The van der Waals surface area contributed by atoms with Crippen molar-refractivity contribution in [1.29, 1.82) is 0 Å². The summed E-state index contributed by atoms with van der Waals surface area (Å²) in [6.07, 6.45) is 8.42. The van der Waals surface area contributed by atoms with Gasteiger partial charge in [-0.1, -0.05) is 79.0 Å². The van der Waals surface area contributed by atoms with Crippen molar-refractivity contribution in [3.8, 4) is 28.1 Å². The van der Waals surface area contributed by atoms with E-state index in [2.05, 4.69) is 66.2 Å². The second-order valence-corrected chi connectivity index (χ2v) is 8.68. The third kappa shape index (κ3) is 5.68. The van der Waals surface area contributed by atoms with Gasteiger partial charge in [0.05, 0.1) is 17.8 Å². The molecule has 0 fully saturated rings. The number of aromatic nitrogens is 2. The van der Waals surface area contributed by atoms with Gasteiger partial charge in [0.25, 0.3) is 0 Å². The number of imidazole rings is 1. The number of hydrogen-bond donors (Lipinski definition) is 0. The van der Waals surface area contributed by atoms with Crippen LogP contribution in [0.5, 0.6) is 5.75 Å². The highest BCUT2D eigenvalue weighted by Gasteiger charge is 2.11. The van der Waals surface area contributed by atoms with Crippen LogP contribution in [0, 0.1) is 0 Å². The molecule has 3 aromatic carbocycles. The first kappa shape index (κ1) is 23.2. The maximum Gasteiger partial charge on any atom is 0.133 e. The van der Waals surface area contributed by atoms with Crippen molar-refractivity contribution in [2.45, 2.75) is 26.3 Å². The van der Waals surface area contributed by atoms with Crippen molar-refractivity contribution < 1.29 is 4.74 Å². The van der Waals surface area contributed by atoms with Gasteiger partial charge in [-0.15, -0.1) is 0 Å². The molecule has 0 amide bonds. The average Bonchev–Trinajstić information content (AvgIpc) is 3.24. The molecule has 0 saturated heterocycles. The Kier molecular flexibility index (Phi) is 7.54. The van der Waals surface area contributed by atoms with Crippen LogP contribution in [0.2, 0.25) is 10.0 Å². The van der Waals surface area contributed by atoms with Gasteiger partial charge < -0.3 is 9.30 Å². The van der Waals surface area contributed by atoms with Crippen molar-refractivity contribution in [2.75, 3.05) is 7.11 Å². The Balaban J connectivity index is 1.57. The Hall–Kier alpha value is -3.01. The zero-order valence-corrected chi connectivity index (χ0v) is 20.3. The van der Waals surface area contributed by atoms with Gasteiger partial charge in [-0.05, 0) is 59.5 Å². The highest BCUT2D eigenvalue weighted by Crippen LogP contribution is 2.30. The quantitative estimate of drug-likeness (QED) is 0.254. The molecule has 0 aliphatic heterocycles. The van der Waals surface area contributed by atoms with Crippen LogP contribution in [0.1, 0.15) is 31.2 Å². The maximum atomic E-state index is 6.43. The number of halogens is 2. The zero-order chi connectivity index (χ0) is 23.2. The lowest BCUT2D eigenvalue weighted by Gasteiger charge is -2.05. The molecule has 0 aliphatic rings. The molecule has 1 heterocycles. The fourth-order valence-corrected chi connectivity index (χ4v) is 4.14. The van der Waals surface area contributed by atoms with Gasteiger partial charge in [0, 0.05) is 23.3 Å². The largest absolute Gasteiger partial charge is 0.497 e. The van der Waals surface area contributed by atoms with Gasteiger partial charge >= 0.3 is 0 Å². The molecule has 1 aromatic heterocycles. The van der Waals surface area contributed by atoms with Gasteiger partial charge in [-0.3, -0.25) is 0 Å². The van der Waals surface area contributed by atoms with Gasteiger partial charge in [0.15, 0.2) is 0 Å². The molecule has 4 rings (SSSR count). The summed E-state index contributed by atoms with van der Waals surface area (Å²) in [6, 6.07) is 22.1. The molecular weight excluding hydrogens is 451 g/mol. The predicted octanol–water partition coefficient (Wildman–Crippen LogP) is 8.50. The van der Waals surface area contributed by atoms with Crippen molar-refractivity contribution in [3.05, 3.63) is 94.4 Å². The fourth-order valence-electron chi connectivity index (χ4n) is 3.64. The SMILES string of the molecule is CCCCn1cc(-c2ccc(Cl)cc2Cl)nc1C=Cc1ccc(-c2ccc(OC)cc2)cc1. The Morgan fingerprint density at radius 2 is 1.61 bits per heavy atom. The standard InChI is InChI=1S/C28H26Cl2N2O/c1-3-4-17-32-19-27(25-15-12-23(29)18-26(25)30)31-28(32)16-7-20-5-8-21(9-6-20)22-10-13-24(33-2)14-11-22/h5-16,18-19H,3-4,17H2,1-2H3. The molecule has 0 atom stereocenters. The van der Waals surface area contributed by atoms with E-state index in [9.17, 15) is 0 Å². The number of ether oxygens (including phenoxy) is 1. The van der Waals surface area contributed by atoms with E-state index in [4.69, 9.17) is 32.9 Å². The second-order valence-electron chi connectivity index (χ2n) is 7.84. The van der Waals surface area contributed by atoms with Crippen LogP contribution in [0.25, 0.3) is 34.5 Å². The predicted molar refractivity (Wildman–Crippen MR) is 140 cm³/mol. The lowest BCUT2D eigenvalue weighted by atomic mass is 10.0. The molecule has 33 heavy (non-hydrogen) atoms. The first-order valence-corrected chi connectivity index (χ1v) is 11.8. The minimum atomic E-state index is 0.604. The van der Waals surface area contributed by atoms with Crippen LogP contribution in [-0.2, 0) is 6.54 Å². The molecule has 168 valence electrons. The summed E-state index contributed by atoms with van der Waals surface area (Å²) in [6.45, 7) is 3.10. The van der Waals surface area contributed by atoms with E-state index in [1.165, 1.54) is 5.56 Å². The lowest BCUT2D eigenvalue weighted by Crippen LogP contribution is -1.98. The summed E-state index contributed by atoms with van der Waals surface area (Å²) in [4.78, 5) is 4.86. The summed E-state index contributed by atoms with van der Waals surface area (Å²) in [5.74, 6) is 1.76. The number of nitrogens with zero attached hydrogens (tertiary/aromatic N) is 2. The number of rotatable bonds is 8. The molecular formula is C28H26Cl2N2O. The molecule has 0 spiro atoms. The highest BCUT2D eigenvalue weighted by molar-refractivity contribution is 6.36. The number of aryl methyl sites for hydroxylation is 1. The highest BCUT2D eigenvalue weighted by atomic mass is 35.5. The van der Waals surface area contributed by atoms with Crippen molar-refractivity contribution in [2.24, 2.45) is 0 Å². The van der Waals surface area contributed by atoms with E-state index in [1.54, 1.807) is 13.2 Å². The lowest BCUT2D eigenvalue weighted by molar-refractivity contribution is 0.415. The van der Waals surface area contributed by atoms with E-state index in [0.29, 0.717) is 10.0 Å². The minimum absolute atomic E-state index is 0.604. The molecule has 0 saturated carbocycles. The van der Waals surface area contributed by atoms with Crippen LogP contribution >= 0.6 is 23.2 Å². The summed E-state index contributed by atoms with van der Waals surface area (Å²) in [5.41, 5.74) is 5.17. The van der Waals surface area contributed by atoms with Crippen LogP contribution < -0.4 is 4.74 Å². The summed E-state index contributed by atoms with van der Waals surface area (Å²) in [5, 5.41) is 1.22. The van der Waals surface area contributed by atoms with Gasteiger partial charge in [-0.25, -0.2) is 4.98 Å². The monoisotopic (exact) mass is 476 g/mol. The van der Waals surface area contributed by atoms with Crippen LogP contribution in [0.3, 0.4) is 0 Å². The average molecular weight is 477 g/mol. The molecule has 3 nitrogen and oxygen atoms in total. The third-order valence-electron chi connectivity index (χ3n) is 5.53. The van der Waals surface area contributed by atoms with Gasteiger partial charge in [-0.2, -0.15) is 0 Å². The van der Waals surface area contributed by atoms with Crippen molar-refractivity contribution >= 4 is 35.4 Å². The first-order chi connectivity index (χ1) is 16.1. The van der Waals surface area contributed by atoms with Crippen LogP contribution in [-0.4, -0.2) is 16.7 Å². The number of benzene rings is 3. The summed E-state index contributed by atoms with van der Waals surface area (Å²) in [7, 11) is 1.68. The minimum Gasteiger partial charge on any atom is -0.497 e. The number of unbranched alkanes of at least 4 members (excludes halogenated alkanes) is 1. The Morgan fingerprint density at radius 1 is 0.909 bits per heavy atom. The smallest absolute Gasteiger partial charge is 0.133 e. The van der Waals surface area contributed by atoms with Crippen LogP contribution in [0.15, 0.2) is 72.9 Å². The maximum absolute atomic E-state index is 6.43.